The molecule has 0 radical (unpaired) electrons. The van der Waals surface area contributed by atoms with E-state index in [4.69, 9.17) is 4.74 Å². The van der Waals surface area contributed by atoms with E-state index in [0.29, 0.717) is 23.1 Å². The molecule has 0 unspecified atom stereocenters. The van der Waals surface area contributed by atoms with Gasteiger partial charge in [0.1, 0.15) is 10.8 Å². The lowest BCUT2D eigenvalue weighted by atomic mass is 10.2. The standard InChI is InChI=1S/C16H21N3O2S/c1-3-5-6-11-14-18-19-16(22-14)17-15(20)12-9-7-8-10-13(12)21-4-2/h7-10H,3-6,11H2,1-2H3,(H,17,19,20). The Morgan fingerprint density at radius 1 is 1.23 bits per heavy atom. The molecule has 0 saturated heterocycles. The molecule has 118 valence electrons. The second-order valence-electron chi connectivity index (χ2n) is 4.84. The number of amides is 1. The van der Waals surface area contributed by atoms with Crippen molar-refractivity contribution in [2.24, 2.45) is 0 Å². The van der Waals surface area contributed by atoms with E-state index in [1.165, 1.54) is 24.2 Å². The summed E-state index contributed by atoms with van der Waals surface area (Å²) in [4.78, 5) is 12.3. The van der Waals surface area contributed by atoms with E-state index >= 15 is 0 Å². The van der Waals surface area contributed by atoms with Crippen molar-refractivity contribution in [2.45, 2.75) is 39.5 Å². The van der Waals surface area contributed by atoms with Crippen LogP contribution in [0, 0.1) is 0 Å². The van der Waals surface area contributed by atoms with Crippen molar-refractivity contribution in [1.82, 2.24) is 10.2 Å². The number of unbranched alkanes of at least 4 members (excludes halogenated alkanes) is 2. The Balaban J connectivity index is 2.00. The van der Waals surface area contributed by atoms with Gasteiger partial charge in [-0.1, -0.05) is 43.2 Å². The van der Waals surface area contributed by atoms with Gasteiger partial charge in [0, 0.05) is 6.42 Å². The van der Waals surface area contributed by atoms with E-state index in [2.05, 4.69) is 22.4 Å². The van der Waals surface area contributed by atoms with Crippen LogP contribution in [0.4, 0.5) is 5.13 Å². The lowest BCUT2D eigenvalue weighted by Crippen LogP contribution is -2.13. The van der Waals surface area contributed by atoms with E-state index in [0.717, 1.165) is 17.8 Å². The predicted molar refractivity (Wildman–Crippen MR) is 88.7 cm³/mol. The molecule has 1 heterocycles. The molecule has 5 nitrogen and oxygen atoms in total. The van der Waals surface area contributed by atoms with E-state index in [1.54, 1.807) is 12.1 Å². The molecule has 2 rings (SSSR count). The summed E-state index contributed by atoms with van der Waals surface area (Å²) in [6, 6.07) is 7.19. The van der Waals surface area contributed by atoms with Crippen molar-refractivity contribution in [2.75, 3.05) is 11.9 Å². The van der Waals surface area contributed by atoms with Gasteiger partial charge in [0.15, 0.2) is 0 Å². The molecular formula is C16H21N3O2S. The monoisotopic (exact) mass is 319 g/mol. The van der Waals surface area contributed by atoms with Crippen LogP contribution in [0.15, 0.2) is 24.3 Å². The van der Waals surface area contributed by atoms with E-state index < -0.39 is 0 Å². The summed E-state index contributed by atoms with van der Waals surface area (Å²) in [5.41, 5.74) is 0.507. The fourth-order valence-electron chi connectivity index (χ4n) is 2.03. The molecule has 0 aliphatic carbocycles. The molecule has 22 heavy (non-hydrogen) atoms. The molecule has 0 aliphatic rings. The first-order valence-electron chi connectivity index (χ1n) is 7.60. The summed E-state index contributed by atoms with van der Waals surface area (Å²) in [5.74, 6) is 0.357. The normalized spacial score (nSPS) is 10.5. The Kier molecular flexibility index (Phi) is 6.33. The van der Waals surface area contributed by atoms with Crippen molar-refractivity contribution >= 4 is 22.4 Å². The predicted octanol–water partition coefficient (Wildman–Crippen LogP) is 3.92. The molecule has 1 N–H and O–H groups in total. The highest BCUT2D eigenvalue weighted by molar-refractivity contribution is 7.15. The number of anilines is 1. The highest BCUT2D eigenvalue weighted by Crippen LogP contribution is 2.22. The number of ether oxygens (including phenoxy) is 1. The van der Waals surface area contributed by atoms with Crippen molar-refractivity contribution in [3.63, 3.8) is 0 Å². The number of hydrogen-bond donors (Lipinski definition) is 1. The maximum absolute atomic E-state index is 12.3. The van der Waals surface area contributed by atoms with E-state index in [9.17, 15) is 4.79 Å². The molecule has 0 bridgehead atoms. The smallest absolute Gasteiger partial charge is 0.261 e. The van der Waals surface area contributed by atoms with Crippen LogP contribution in [0.25, 0.3) is 0 Å². The molecule has 1 aromatic carbocycles. The zero-order valence-electron chi connectivity index (χ0n) is 13.0. The van der Waals surface area contributed by atoms with Gasteiger partial charge in [-0.2, -0.15) is 0 Å². The van der Waals surface area contributed by atoms with Gasteiger partial charge < -0.3 is 4.74 Å². The summed E-state index contributed by atoms with van der Waals surface area (Å²) in [7, 11) is 0. The summed E-state index contributed by atoms with van der Waals surface area (Å²) >= 11 is 1.43. The Hall–Kier alpha value is -1.95. The largest absolute Gasteiger partial charge is 0.493 e. The molecular weight excluding hydrogens is 298 g/mol. The molecule has 0 spiro atoms. The molecule has 1 amide bonds. The van der Waals surface area contributed by atoms with Crippen LogP contribution < -0.4 is 10.1 Å². The van der Waals surface area contributed by atoms with Crippen molar-refractivity contribution in [3.05, 3.63) is 34.8 Å². The van der Waals surface area contributed by atoms with Crippen LogP contribution in [0.5, 0.6) is 5.75 Å². The average Bonchev–Trinajstić information content (AvgIpc) is 2.96. The van der Waals surface area contributed by atoms with Crippen molar-refractivity contribution in [1.29, 1.82) is 0 Å². The minimum Gasteiger partial charge on any atom is -0.493 e. The summed E-state index contributed by atoms with van der Waals surface area (Å²) < 4.78 is 5.47. The van der Waals surface area contributed by atoms with Crippen molar-refractivity contribution < 1.29 is 9.53 Å². The Morgan fingerprint density at radius 3 is 2.82 bits per heavy atom. The van der Waals surface area contributed by atoms with Gasteiger partial charge in [0.25, 0.3) is 5.91 Å². The zero-order valence-corrected chi connectivity index (χ0v) is 13.8. The van der Waals surface area contributed by atoms with Crippen LogP contribution in [0.1, 0.15) is 48.5 Å². The van der Waals surface area contributed by atoms with Gasteiger partial charge in [-0.05, 0) is 25.5 Å². The van der Waals surface area contributed by atoms with Crippen LogP contribution in [0.3, 0.4) is 0 Å². The van der Waals surface area contributed by atoms with Gasteiger partial charge in [-0.15, -0.1) is 10.2 Å². The maximum atomic E-state index is 12.3. The molecule has 0 atom stereocenters. The van der Waals surface area contributed by atoms with Crippen LogP contribution >= 0.6 is 11.3 Å². The van der Waals surface area contributed by atoms with Crippen LogP contribution in [-0.2, 0) is 6.42 Å². The minimum absolute atomic E-state index is 0.222. The molecule has 0 aliphatic heterocycles. The summed E-state index contributed by atoms with van der Waals surface area (Å²) in [6.45, 7) is 4.58. The highest BCUT2D eigenvalue weighted by atomic mass is 32.1. The highest BCUT2D eigenvalue weighted by Gasteiger charge is 2.14. The number of aryl methyl sites for hydroxylation is 1. The number of hydrogen-bond acceptors (Lipinski definition) is 5. The van der Waals surface area contributed by atoms with Gasteiger partial charge in [-0.25, -0.2) is 0 Å². The third-order valence-electron chi connectivity index (χ3n) is 3.11. The second-order valence-corrected chi connectivity index (χ2v) is 5.90. The average molecular weight is 319 g/mol. The molecule has 2 aromatic rings. The number of nitrogens with zero attached hydrogens (tertiary/aromatic N) is 2. The quantitative estimate of drug-likeness (QED) is 0.749. The SMILES string of the molecule is CCCCCc1nnc(NC(=O)c2ccccc2OCC)s1. The first-order chi connectivity index (χ1) is 10.7. The van der Waals surface area contributed by atoms with Crippen LogP contribution in [-0.4, -0.2) is 22.7 Å². The lowest BCUT2D eigenvalue weighted by molar-refractivity contribution is 0.102. The molecule has 1 aromatic heterocycles. The second kappa shape index (κ2) is 8.48. The van der Waals surface area contributed by atoms with Crippen LogP contribution in [0.2, 0.25) is 0 Å². The first kappa shape index (κ1) is 16.4. The maximum Gasteiger partial charge on any atom is 0.261 e. The van der Waals surface area contributed by atoms with Gasteiger partial charge in [-0.3, -0.25) is 10.1 Å². The fourth-order valence-corrected chi connectivity index (χ4v) is 2.81. The van der Waals surface area contributed by atoms with Crippen molar-refractivity contribution in [3.8, 4) is 5.75 Å². The third kappa shape index (κ3) is 4.53. The van der Waals surface area contributed by atoms with E-state index in [1.807, 2.05) is 19.1 Å². The number of nitrogens with one attached hydrogen (secondary N) is 1. The third-order valence-corrected chi connectivity index (χ3v) is 4.01. The molecule has 6 heteroatoms. The summed E-state index contributed by atoms with van der Waals surface area (Å²) in [6.07, 6.45) is 4.38. The Morgan fingerprint density at radius 2 is 2.05 bits per heavy atom. The first-order valence-corrected chi connectivity index (χ1v) is 8.41. The topological polar surface area (TPSA) is 64.1 Å². The lowest BCUT2D eigenvalue weighted by Gasteiger charge is -2.08. The zero-order chi connectivity index (χ0) is 15.8. The fraction of sp³-hybridized carbons (Fsp3) is 0.438. The Bertz CT molecular complexity index is 613. The van der Waals surface area contributed by atoms with E-state index in [-0.39, 0.29) is 5.91 Å². The number of benzene rings is 1. The number of carbonyl (C=O) groups is 1. The van der Waals surface area contributed by atoms with Gasteiger partial charge >= 0.3 is 0 Å². The molecule has 0 fully saturated rings. The Labute approximate surface area is 134 Å². The number of para-hydroxylation sites is 1. The van der Waals surface area contributed by atoms with Gasteiger partial charge in [0.05, 0.1) is 12.2 Å². The minimum atomic E-state index is -0.222. The number of aromatic nitrogens is 2. The van der Waals surface area contributed by atoms with Gasteiger partial charge in [0.2, 0.25) is 5.13 Å². The number of rotatable bonds is 8. The summed E-state index contributed by atoms with van der Waals surface area (Å²) in [5, 5.41) is 12.4. The molecule has 0 saturated carbocycles. The number of carbonyl (C=O) groups excluding carboxylic acids is 1.